The van der Waals surface area contributed by atoms with Crippen LogP contribution in [0.2, 0.25) is 5.02 Å². The SMILES string of the molecule is Cc1cc(C(Br)C2CCCC2C)c(Cl)cc1F. The minimum Gasteiger partial charge on any atom is -0.207 e. The van der Waals surface area contributed by atoms with Crippen molar-refractivity contribution < 1.29 is 4.39 Å². The minimum atomic E-state index is -0.224. The molecule has 0 radical (unpaired) electrons. The fourth-order valence-corrected chi connectivity index (χ4v) is 4.29. The second-order valence-electron chi connectivity index (χ2n) is 5.10. The molecule has 3 unspecified atom stereocenters. The lowest BCUT2D eigenvalue weighted by Crippen LogP contribution is -2.11. The lowest BCUT2D eigenvalue weighted by atomic mass is 9.90. The van der Waals surface area contributed by atoms with E-state index in [1.807, 2.05) is 6.07 Å². The summed E-state index contributed by atoms with van der Waals surface area (Å²) in [7, 11) is 0. The van der Waals surface area contributed by atoms with Crippen LogP contribution in [0.3, 0.4) is 0 Å². The van der Waals surface area contributed by atoms with Crippen molar-refractivity contribution in [2.75, 3.05) is 0 Å². The van der Waals surface area contributed by atoms with Gasteiger partial charge in [-0.3, -0.25) is 0 Å². The Morgan fingerprint density at radius 2 is 2.12 bits per heavy atom. The third kappa shape index (κ3) is 2.68. The van der Waals surface area contributed by atoms with Crippen LogP contribution >= 0.6 is 27.5 Å². The van der Waals surface area contributed by atoms with Crippen molar-refractivity contribution in [3.05, 3.63) is 34.1 Å². The number of halogens is 3. The Morgan fingerprint density at radius 1 is 1.41 bits per heavy atom. The maximum Gasteiger partial charge on any atom is 0.127 e. The number of benzene rings is 1. The summed E-state index contributed by atoms with van der Waals surface area (Å²) < 4.78 is 13.4. The van der Waals surface area contributed by atoms with E-state index < -0.39 is 0 Å². The van der Waals surface area contributed by atoms with Gasteiger partial charge >= 0.3 is 0 Å². The van der Waals surface area contributed by atoms with Crippen LogP contribution in [0.25, 0.3) is 0 Å². The zero-order chi connectivity index (χ0) is 12.6. The first-order valence-electron chi connectivity index (χ1n) is 6.10. The Kier molecular flexibility index (Phi) is 4.14. The molecule has 2 rings (SSSR count). The van der Waals surface area contributed by atoms with Gasteiger partial charge in [-0.1, -0.05) is 53.4 Å². The molecule has 0 N–H and O–H groups in total. The summed E-state index contributed by atoms with van der Waals surface area (Å²) in [6.07, 6.45) is 3.79. The Labute approximate surface area is 116 Å². The molecule has 0 saturated heterocycles. The zero-order valence-corrected chi connectivity index (χ0v) is 12.5. The largest absolute Gasteiger partial charge is 0.207 e. The Bertz CT molecular complexity index is 419. The fraction of sp³-hybridized carbons (Fsp3) is 0.571. The monoisotopic (exact) mass is 318 g/mol. The van der Waals surface area contributed by atoms with E-state index in [9.17, 15) is 4.39 Å². The van der Waals surface area contributed by atoms with Crippen molar-refractivity contribution in [2.45, 2.75) is 37.9 Å². The van der Waals surface area contributed by atoms with Gasteiger partial charge < -0.3 is 0 Å². The molecule has 1 aromatic rings. The molecular weight excluding hydrogens is 303 g/mol. The molecule has 94 valence electrons. The summed E-state index contributed by atoms with van der Waals surface area (Å²) in [4.78, 5) is 0.242. The predicted molar refractivity (Wildman–Crippen MR) is 74.3 cm³/mol. The predicted octanol–water partition coefficient (Wildman–Crippen LogP) is 5.66. The standard InChI is InChI=1S/C14H17BrClF/c1-8-4-3-5-10(8)14(15)11-6-9(2)13(17)7-12(11)16/h6-8,10,14H,3-5H2,1-2H3. The highest BCUT2D eigenvalue weighted by atomic mass is 79.9. The summed E-state index contributed by atoms with van der Waals surface area (Å²) in [6.45, 7) is 4.07. The summed E-state index contributed by atoms with van der Waals surface area (Å²) in [5.41, 5.74) is 1.70. The van der Waals surface area contributed by atoms with E-state index in [-0.39, 0.29) is 10.6 Å². The molecule has 1 aromatic carbocycles. The molecule has 0 heterocycles. The summed E-state index contributed by atoms with van der Waals surface area (Å²) >= 11 is 9.91. The Balaban J connectivity index is 2.30. The van der Waals surface area contributed by atoms with Crippen molar-refractivity contribution in [1.29, 1.82) is 0 Å². The number of aryl methyl sites for hydroxylation is 1. The molecule has 0 aliphatic heterocycles. The molecule has 0 nitrogen and oxygen atoms in total. The maximum atomic E-state index is 13.4. The lowest BCUT2D eigenvalue weighted by molar-refractivity contribution is 0.414. The molecule has 0 spiro atoms. The Morgan fingerprint density at radius 3 is 2.71 bits per heavy atom. The van der Waals surface area contributed by atoms with Crippen LogP contribution in [0.5, 0.6) is 0 Å². The molecule has 0 amide bonds. The van der Waals surface area contributed by atoms with E-state index in [0.717, 1.165) is 5.56 Å². The van der Waals surface area contributed by atoms with Gasteiger partial charge in [0, 0.05) is 9.85 Å². The molecule has 1 fully saturated rings. The zero-order valence-electron chi connectivity index (χ0n) is 10.1. The van der Waals surface area contributed by atoms with Gasteiger partial charge in [-0.05, 0) is 42.4 Å². The van der Waals surface area contributed by atoms with Gasteiger partial charge in [-0.15, -0.1) is 0 Å². The normalized spacial score (nSPS) is 26.2. The van der Waals surface area contributed by atoms with E-state index in [1.54, 1.807) is 6.92 Å². The molecule has 3 heteroatoms. The van der Waals surface area contributed by atoms with Crippen LogP contribution < -0.4 is 0 Å². The van der Waals surface area contributed by atoms with Gasteiger partial charge in [0.25, 0.3) is 0 Å². The average molecular weight is 320 g/mol. The summed E-state index contributed by atoms with van der Waals surface area (Å²) in [6, 6.07) is 3.31. The number of hydrogen-bond acceptors (Lipinski definition) is 0. The minimum absolute atomic E-state index is 0.224. The first-order valence-corrected chi connectivity index (χ1v) is 7.39. The van der Waals surface area contributed by atoms with Crippen molar-refractivity contribution in [2.24, 2.45) is 11.8 Å². The van der Waals surface area contributed by atoms with Crippen molar-refractivity contribution in [3.63, 3.8) is 0 Å². The van der Waals surface area contributed by atoms with E-state index in [0.29, 0.717) is 22.4 Å². The van der Waals surface area contributed by atoms with Gasteiger partial charge in [0.1, 0.15) is 5.82 Å². The third-order valence-corrected chi connectivity index (χ3v) is 5.38. The van der Waals surface area contributed by atoms with Crippen LogP contribution in [0.15, 0.2) is 12.1 Å². The molecule has 1 aliphatic carbocycles. The van der Waals surface area contributed by atoms with Gasteiger partial charge in [-0.25, -0.2) is 4.39 Å². The van der Waals surface area contributed by atoms with Gasteiger partial charge in [0.2, 0.25) is 0 Å². The quantitative estimate of drug-likeness (QED) is 0.617. The molecule has 1 saturated carbocycles. The van der Waals surface area contributed by atoms with E-state index in [1.165, 1.54) is 25.3 Å². The second-order valence-corrected chi connectivity index (χ2v) is 6.49. The van der Waals surface area contributed by atoms with Crippen LogP contribution in [-0.2, 0) is 0 Å². The highest BCUT2D eigenvalue weighted by Gasteiger charge is 2.31. The average Bonchev–Trinajstić information content (AvgIpc) is 2.69. The topological polar surface area (TPSA) is 0 Å². The number of rotatable bonds is 2. The van der Waals surface area contributed by atoms with Crippen molar-refractivity contribution >= 4 is 27.5 Å². The van der Waals surface area contributed by atoms with Crippen molar-refractivity contribution in [1.82, 2.24) is 0 Å². The van der Waals surface area contributed by atoms with Crippen LogP contribution in [0, 0.1) is 24.6 Å². The lowest BCUT2D eigenvalue weighted by Gasteiger charge is -2.23. The van der Waals surface area contributed by atoms with E-state index >= 15 is 0 Å². The van der Waals surface area contributed by atoms with Gasteiger partial charge in [0.15, 0.2) is 0 Å². The molecule has 0 bridgehead atoms. The smallest absolute Gasteiger partial charge is 0.127 e. The van der Waals surface area contributed by atoms with Crippen LogP contribution in [0.1, 0.15) is 42.1 Å². The Hall–Kier alpha value is -0.0800. The second kappa shape index (κ2) is 5.27. The van der Waals surface area contributed by atoms with Crippen LogP contribution in [0.4, 0.5) is 4.39 Å². The van der Waals surface area contributed by atoms with Crippen molar-refractivity contribution in [3.8, 4) is 0 Å². The first-order chi connectivity index (χ1) is 8.00. The summed E-state index contributed by atoms with van der Waals surface area (Å²) in [5, 5.41) is 0.536. The first kappa shape index (κ1) is 13.4. The van der Waals surface area contributed by atoms with Gasteiger partial charge in [-0.2, -0.15) is 0 Å². The molecule has 17 heavy (non-hydrogen) atoms. The summed E-state index contributed by atoms with van der Waals surface area (Å²) in [5.74, 6) is 1.09. The number of hydrogen-bond donors (Lipinski definition) is 0. The fourth-order valence-electron chi connectivity index (χ4n) is 2.73. The highest BCUT2D eigenvalue weighted by Crippen LogP contribution is 2.46. The molecule has 0 aromatic heterocycles. The molecule has 1 aliphatic rings. The van der Waals surface area contributed by atoms with E-state index in [4.69, 9.17) is 11.6 Å². The number of alkyl halides is 1. The molecule has 3 atom stereocenters. The highest BCUT2D eigenvalue weighted by molar-refractivity contribution is 9.09. The third-order valence-electron chi connectivity index (χ3n) is 3.88. The van der Waals surface area contributed by atoms with Gasteiger partial charge in [0.05, 0.1) is 0 Å². The van der Waals surface area contributed by atoms with E-state index in [2.05, 4.69) is 22.9 Å². The van der Waals surface area contributed by atoms with Crippen LogP contribution in [-0.4, -0.2) is 0 Å². The molecular formula is C14H17BrClF. The maximum absolute atomic E-state index is 13.4.